The van der Waals surface area contributed by atoms with Crippen molar-refractivity contribution in [3.8, 4) is 5.75 Å². The molecule has 0 aromatic heterocycles. The molecular formula is C16H16ClNO2S. The number of anilines is 1. The Morgan fingerprint density at radius 1 is 1.29 bits per heavy atom. The second-order valence-corrected chi connectivity index (χ2v) is 5.99. The fourth-order valence-corrected chi connectivity index (χ4v) is 3.14. The van der Waals surface area contributed by atoms with Gasteiger partial charge in [-0.3, -0.25) is 4.79 Å². The Morgan fingerprint density at radius 3 is 2.71 bits per heavy atom. The summed E-state index contributed by atoms with van der Waals surface area (Å²) in [5, 5.41) is 0.663. The number of rotatable bonds is 5. The number of hydrogen-bond acceptors (Lipinski definition) is 4. The fourth-order valence-electron chi connectivity index (χ4n) is 1.90. The molecule has 2 aromatic carbocycles. The summed E-state index contributed by atoms with van der Waals surface area (Å²) < 4.78 is 5.34. The van der Waals surface area contributed by atoms with Crippen LogP contribution < -0.4 is 10.5 Å². The van der Waals surface area contributed by atoms with E-state index < -0.39 is 0 Å². The summed E-state index contributed by atoms with van der Waals surface area (Å²) in [6.45, 7) is 1.55. The lowest BCUT2D eigenvalue weighted by Gasteiger charge is -2.10. The third kappa shape index (κ3) is 3.93. The molecule has 0 aliphatic heterocycles. The monoisotopic (exact) mass is 321 g/mol. The maximum absolute atomic E-state index is 11.5. The van der Waals surface area contributed by atoms with E-state index in [0.717, 1.165) is 16.2 Å². The van der Waals surface area contributed by atoms with Gasteiger partial charge in [-0.1, -0.05) is 11.6 Å². The van der Waals surface area contributed by atoms with Crippen LogP contribution in [0.4, 0.5) is 5.69 Å². The maximum Gasteiger partial charge on any atom is 0.159 e. The lowest BCUT2D eigenvalue weighted by Crippen LogP contribution is -1.97. The summed E-state index contributed by atoms with van der Waals surface area (Å²) in [6, 6.07) is 10.8. The number of nitrogens with two attached hydrogens (primary N) is 1. The highest BCUT2D eigenvalue weighted by atomic mass is 35.5. The van der Waals surface area contributed by atoms with E-state index in [9.17, 15) is 4.79 Å². The van der Waals surface area contributed by atoms with Crippen molar-refractivity contribution >= 4 is 34.8 Å². The molecule has 0 heterocycles. The highest BCUT2D eigenvalue weighted by Crippen LogP contribution is 2.34. The molecule has 0 atom stereocenters. The molecule has 0 fully saturated rings. The first-order chi connectivity index (χ1) is 10.0. The molecule has 2 aromatic rings. The van der Waals surface area contributed by atoms with Crippen molar-refractivity contribution in [2.45, 2.75) is 17.6 Å². The summed E-state index contributed by atoms with van der Waals surface area (Å²) in [5.41, 5.74) is 8.07. The molecule has 21 heavy (non-hydrogen) atoms. The van der Waals surface area contributed by atoms with Gasteiger partial charge in [-0.05, 0) is 43.3 Å². The van der Waals surface area contributed by atoms with Crippen LogP contribution in [0.25, 0.3) is 0 Å². The first-order valence-electron chi connectivity index (χ1n) is 6.37. The van der Waals surface area contributed by atoms with E-state index in [1.54, 1.807) is 44.0 Å². The SMILES string of the molecule is COc1ccc(C(C)=O)cc1CSc1cc(N)ccc1Cl. The summed E-state index contributed by atoms with van der Waals surface area (Å²) in [7, 11) is 1.62. The van der Waals surface area contributed by atoms with Crippen molar-refractivity contribution < 1.29 is 9.53 Å². The first-order valence-corrected chi connectivity index (χ1v) is 7.73. The van der Waals surface area contributed by atoms with Crippen molar-refractivity contribution in [3.63, 3.8) is 0 Å². The van der Waals surface area contributed by atoms with E-state index in [1.165, 1.54) is 0 Å². The normalized spacial score (nSPS) is 10.4. The Kier molecular flexibility index (Phi) is 5.15. The van der Waals surface area contributed by atoms with Crippen LogP contribution in [-0.2, 0) is 5.75 Å². The number of carbonyl (C=O) groups excluding carboxylic acids is 1. The number of Topliss-reactive ketones (excluding diaryl/α,β-unsaturated/α-hetero) is 1. The number of benzene rings is 2. The van der Waals surface area contributed by atoms with E-state index in [1.807, 2.05) is 18.2 Å². The number of ketones is 1. The third-order valence-corrected chi connectivity index (χ3v) is 4.57. The maximum atomic E-state index is 11.5. The van der Waals surface area contributed by atoms with Gasteiger partial charge in [0.25, 0.3) is 0 Å². The number of methoxy groups -OCH3 is 1. The zero-order valence-electron chi connectivity index (χ0n) is 11.9. The molecule has 0 amide bonds. The van der Waals surface area contributed by atoms with Crippen LogP contribution in [-0.4, -0.2) is 12.9 Å². The van der Waals surface area contributed by atoms with E-state index in [4.69, 9.17) is 22.1 Å². The minimum Gasteiger partial charge on any atom is -0.496 e. The van der Waals surface area contributed by atoms with Crippen LogP contribution in [0.3, 0.4) is 0 Å². The molecule has 110 valence electrons. The van der Waals surface area contributed by atoms with Crippen molar-refractivity contribution in [3.05, 3.63) is 52.5 Å². The standard InChI is InChI=1S/C16H16ClNO2S/c1-10(19)11-3-6-15(20-2)12(7-11)9-21-16-8-13(18)4-5-14(16)17/h3-8H,9,18H2,1-2H3. The zero-order valence-corrected chi connectivity index (χ0v) is 13.4. The average Bonchev–Trinajstić information content (AvgIpc) is 2.47. The smallest absolute Gasteiger partial charge is 0.159 e. The second kappa shape index (κ2) is 6.87. The Hall–Kier alpha value is -1.65. The zero-order chi connectivity index (χ0) is 15.4. The van der Waals surface area contributed by atoms with Crippen molar-refractivity contribution in [2.24, 2.45) is 0 Å². The number of nitrogen functional groups attached to an aromatic ring is 1. The molecule has 0 aliphatic carbocycles. The predicted molar refractivity (Wildman–Crippen MR) is 88.4 cm³/mol. The summed E-state index contributed by atoms with van der Waals surface area (Å²) in [4.78, 5) is 12.4. The molecule has 0 unspecified atom stereocenters. The van der Waals surface area contributed by atoms with Crippen molar-refractivity contribution in [1.29, 1.82) is 0 Å². The van der Waals surface area contributed by atoms with Gasteiger partial charge in [-0.2, -0.15) is 0 Å². The number of carbonyl (C=O) groups is 1. The molecule has 0 saturated carbocycles. The minimum atomic E-state index is 0.0332. The van der Waals surface area contributed by atoms with E-state index in [2.05, 4.69) is 0 Å². The van der Waals surface area contributed by atoms with Gasteiger partial charge < -0.3 is 10.5 Å². The van der Waals surface area contributed by atoms with Crippen LogP contribution in [0.15, 0.2) is 41.3 Å². The highest BCUT2D eigenvalue weighted by Gasteiger charge is 2.09. The number of hydrogen-bond donors (Lipinski definition) is 1. The quantitative estimate of drug-likeness (QED) is 0.503. The summed E-state index contributed by atoms with van der Waals surface area (Å²) in [5.74, 6) is 1.44. The molecule has 0 radical (unpaired) electrons. The average molecular weight is 322 g/mol. The first kappa shape index (κ1) is 15.7. The van der Waals surface area contributed by atoms with Crippen molar-refractivity contribution in [2.75, 3.05) is 12.8 Å². The number of thioether (sulfide) groups is 1. The molecule has 0 bridgehead atoms. The van der Waals surface area contributed by atoms with E-state index >= 15 is 0 Å². The molecule has 0 aliphatic rings. The van der Waals surface area contributed by atoms with Crippen molar-refractivity contribution in [1.82, 2.24) is 0 Å². The minimum absolute atomic E-state index is 0.0332. The molecule has 0 saturated heterocycles. The highest BCUT2D eigenvalue weighted by molar-refractivity contribution is 7.98. The number of halogens is 1. The molecule has 3 nitrogen and oxygen atoms in total. The molecule has 2 N–H and O–H groups in total. The molecule has 5 heteroatoms. The van der Waals surface area contributed by atoms with Gasteiger partial charge in [0.2, 0.25) is 0 Å². The van der Waals surface area contributed by atoms with E-state index in [-0.39, 0.29) is 5.78 Å². The molecular weight excluding hydrogens is 306 g/mol. The summed E-state index contributed by atoms with van der Waals surface area (Å²) >= 11 is 7.72. The van der Waals surface area contributed by atoms with Crippen LogP contribution in [0, 0.1) is 0 Å². The molecule has 2 rings (SSSR count). The van der Waals surface area contributed by atoms with Gasteiger partial charge in [0.15, 0.2) is 5.78 Å². The van der Waals surface area contributed by atoms with Crippen LogP contribution in [0.2, 0.25) is 5.02 Å². The van der Waals surface area contributed by atoms with Gasteiger partial charge in [0.05, 0.1) is 12.1 Å². The van der Waals surface area contributed by atoms with Gasteiger partial charge in [-0.25, -0.2) is 0 Å². The lowest BCUT2D eigenvalue weighted by molar-refractivity contribution is 0.101. The van der Waals surface area contributed by atoms with Gasteiger partial charge >= 0.3 is 0 Å². The Labute approximate surface area is 133 Å². The van der Waals surface area contributed by atoms with Crippen LogP contribution >= 0.6 is 23.4 Å². The Bertz CT molecular complexity index is 673. The van der Waals surface area contributed by atoms with Gasteiger partial charge in [0.1, 0.15) is 5.75 Å². The third-order valence-electron chi connectivity index (χ3n) is 3.03. The topological polar surface area (TPSA) is 52.3 Å². The van der Waals surface area contributed by atoms with Gasteiger partial charge in [-0.15, -0.1) is 11.8 Å². The summed E-state index contributed by atoms with van der Waals surface area (Å²) in [6.07, 6.45) is 0. The second-order valence-electron chi connectivity index (χ2n) is 4.56. The van der Waals surface area contributed by atoms with Crippen LogP contribution in [0.5, 0.6) is 5.75 Å². The predicted octanol–water partition coefficient (Wildman–Crippen LogP) is 4.43. The Morgan fingerprint density at radius 2 is 2.05 bits per heavy atom. The van der Waals surface area contributed by atoms with Crippen LogP contribution in [0.1, 0.15) is 22.8 Å². The lowest BCUT2D eigenvalue weighted by atomic mass is 10.1. The van der Waals surface area contributed by atoms with Gasteiger partial charge in [0, 0.05) is 27.5 Å². The Balaban J connectivity index is 2.24. The van der Waals surface area contributed by atoms with E-state index in [0.29, 0.717) is 22.0 Å². The fraction of sp³-hybridized carbons (Fsp3) is 0.188. The molecule has 0 spiro atoms. The number of ether oxygens (including phenoxy) is 1. The largest absolute Gasteiger partial charge is 0.496 e.